The van der Waals surface area contributed by atoms with Gasteiger partial charge in [0.05, 0.1) is 6.61 Å². The summed E-state index contributed by atoms with van der Waals surface area (Å²) in [4.78, 5) is 22.3. The highest BCUT2D eigenvalue weighted by atomic mass is 16.5. The predicted octanol–water partition coefficient (Wildman–Crippen LogP) is 0.923. The van der Waals surface area contributed by atoms with Crippen molar-refractivity contribution in [3.63, 3.8) is 0 Å². The van der Waals surface area contributed by atoms with Crippen LogP contribution in [0, 0.1) is 13.8 Å². The van der Waals surface area contributed by atoms with Crippen LogP contribution in [0.25, 0.3) is 0 Å². The van der Waals surface area contributed by atoms with Crippen LogP contribution in [-0.4, -0.2) is 35.6 Å². The summed E-state index contributed by atoms with van der Waals surface area (Å²) in [6.07, 6.45) is -0.772. The normalized spacial score (nSPS) is 12.2. The van der Waals surface area contributed by atoms with Crippen molar-refractivity contribution in [2.24, 2.45) is 5.73 Å². The predicted molar refractivity (Wildman–Crippen MR) is 68.4 cm³/mol. The molecule has 0 spiro atoms. The zero-order valence-electron chi connectivity index (χ0n) is 10.8. The first-order chi connectivity index (χ1) is 8.93. The number of rotatable bonds is 6. The number of carbonyl (C=O) groups excluding carboxylic acids is 1. The molecule has 0 aliphatic rings. The lowest BCUT2D eigenvalue weighted by molar-refractivity contribution is -0.150. The zero-order valence-corrected chi connectivity index (χ0v) is 10.8. The second-order valence-corrected chi connectivity index (χ2v) is 4.17. The molecule has 6 nitrogen and oxygen atoms in total. The largest absolute Gasteiger partial charge is 0.507 e. The van der Waals surface area contributed by atoms with Gasteiger partial charge in [0.2, 0.25) is 0 Å². The molecule has 6 heteroatoms. The Hall–Kier alpha value is -1.92. The summed E-state index contributed by atoms with van der Waals surface area (Å²) < 4.78 is 5.16. The van der Waals surface area contributed by atoms with Crippen molar-refractivity contribution in [1.29, 1.82) is 0 Å². The van der Waals surface area contributed by atoms with Gasteiger partial charge in [-0.15, -0.1) is 0 Å². The minimum absolute atomic E-state index is 0.0387. The third-order valence-electron chi connectivity index (χ3n) is 2.83. The van der Waals surface area contributed by atoms with E-state index in [1.54, 1.807) is 13.8 Å². The number of phenolic OH excluding ortho intramolecular Hbond substituents is 1. The van der Waals surface area contributed by atoms with Crippen LogP contribution < -0.4 is 5.73 Å². The molecule has 104 valence electrons. The molecular formula is C13H17NO5. The molecule has 4 N–H and O–H groups in total. The van der Waals surface area contributed by atoms with E-state index in [4.69, 9.17) is 10.5 Å². The molecule has 1 rings (SSSR count). The van der Waals surface area contributed by atoms with Gasteiger partial charge in [0.1, 0.15) is 12.0 Å². The fraction of sp³-hybridized carbons (Fsp3) is 0.385. The van der Waals surface area contributed by atoms with Crippen molar-refractivity contribution in [3.8, 4) is 5.75 Å². The summed E-state index contributed by atoms with van der Waals surface area (Å²) in [6.45, 7) is 3.39. The third-order valence-corrected chi connectivity index (χ3v) is 2.83. The first-order valence-corrected chi connectivity index (χ1v) is 5.76. The van der Waals surface area contributed by atoms with Crippen molar-refractivity contribution in [2.45, 2.75) is 20.0 Å². The molecule has 0 fully saturated rings. The highest BCUT2D eigenvalue weighted by Crippen LogP contribution is 2.33. The number of carbonyl (C=O) groups is 2. The van der Waals surface area contributed by atoms with Crippen LogP contribution in [0.1, 0.15) is 33.2 Å². The van der Waals surface area contributed by atoms with Gasteiger partial charge in [-0.25, -0.2) is 4.79 Å². The minimum Gasteiger partial charge on any atom is -0.507 e. The van der Waals surface area contributed by atoms with Gasteiger partial charge in [-0.3, -0.25) is 4.79 Å². The van der Waals surface area contributed by atoms with Crippen LogP contribution in [0.3, 0.4) is 0 Å². The van der Waals surface area contributed by atoms with Crippen LogP contribution in [0.4, 0.5) is 0 Å². The number of hydrogen-bond acceptors (Lipinski definition) is 5. The van der Waals surface area contributed by atoms with Crippen molar-refractivity contribution < 1.29 is 24.5 Å². The molecule has 1 atom stereocenters. The number of benzene rings is 1. The van der Waals surface area contributed by atoms with Gasteiger partial charge in [0.25, 0.3) is 0 Å². The molecule has 0 aliphatic heterocycles. The molecule has 0 aliphatic carbocycles. The SMILES string of the molecule is Cc1cc(C=O)c(C(OCCN)C(=O)O)c(C)c1O. The molecular weight excluding hydrogens is 250 g/mol. The Morgan fingerprint density at radius 3 is 2.63 bits per heavy atom. The Bertz CT molecular complexity index is 498. The Labute approximate surface area is 110 Å². The average molecular weight is 267 g/mol. The summed E-state index contributed by atoms with van der Waals surface area (Å²) in [5, 5.41) is 19.1. The Kier molecular flexibility index (Phi) is 5.02. The van der Waals surface area contributed by atoms with Crippen LogP contribution in [0.5, 0.6) is 5.75 Å². The maximum absolute atomic E-state index is 11.3. The number of aryl methyl sites for hydroxylation is 1. The van der Waals surface area contributed by atoms with E-state index in [1.807, 2.05) is 0 Å². The molecule has 0 heterocycles. The fourth-order valence-electron chi connectivity index (χ4n) is 1.93. The molecule has 0 amide bonds. The van der Waals surface area contributed by atoms with E-state index in [0.717, 1.165) is 0 Å². The fourth-order valence-corrected chi connectivity index (χ4v) is 1.93. The molecule has 0 radical (unpaired) electrons. The Morgan fingerprint density at radius 2 is 2.16 bits per heavy atom. The molecule has 19 heavy (non-hydrogen) atoms. The van der Waals surface area contributed by atoms with Crippen molar-refractivity contribution in [3.05, 3.63) is 28.3 Å². The Morgan fingerprint density at radius 1 is 1.53 bits per heavy atom. The second kappa shape index (κ2) is 6.31. The highest BCUT2D eigenvalue weighted by molar-refractivity contribution is 5.85. The van der Waals surface area contributed by atoms with E-state index in [9.17, 15) is 19.8 Å². The number of nitrogens with two attached hydrogens (primary N) is 1. The van der Waals surface area contributed by atoms with Crippen LogP contribution in [-0.2, 0) is 9.53 Å². The summed E-state index contributed by atoms with van der Waals surface area (Å²) in [7, 11) is 0. The monoisotopic (exact) mass is 267 g/mol. The van der Waals surface area contributed by atoms with E-state index in [0.29, 0.717) is 17.4 Å². The summed E-state index contributed by atoms with van der Waals surface area (Å²) in [6, 6.07) is 1.44. The molecule has 0 aromatic heterocycles. The molecule has 0 saturated heterocycles. The summed E-state index contributed by atoms with van der Waals surface area (Å²) in [5.41, 5.74) is 6.47. The first-order valence-electron chi connectivity index (χ1n) is 5.76. The lowest BCUT2D eigenvalue weighted by Gasteiger charge is -2.19. The minimum atomic E-state index is -1.32. The van der Waals surface area contributed by atoms with Gasteiger partial charge in [-0.05, 0) is 31.0 Å². The smallest absolute Gasteiger partial charge is 0.337 e. The molecule has 0 saturated carbocycles. The first kappa shape index (κ1) is 15.1. The lowest BCUT2D eigenvalue weighted by Crippen LogP contribution is -2.21. The number of hydrogen-bond donors (Lipinski definition) is 3. The number of aliphatic carboxylic acids is 1. The third kappa shape index (κ3) is 3.10. The number of carboxylic acids is 1. The second-order valence-electron chi connectivity index (χ2n) is 4.17. The number of aromatic hydroxyl groups is 1. The maximum atomic E-state index is 11.3. The number of phenols is 1. The van der Waals surface area contributed by atoms with Crippen LogP contribution in [0.2, 0.25) is 0 Å². The van der Waals surface area contributed by atoms with Gasteiger partial charge in [-0.1, -0.05) is 0 Å². The van der Waals surface area contributed by atoms with Crippen molar-refractivity contribution in [2.75, 3.05) is 13.2 Å². The van der Waals surface area contributed by atoms with Gasteiger partial charge < -0.3 is 20.7 Å². The molecule has 1 unspecified atom stereocenters. The number of carboxylic acid groups (broad SMARTS) is 1. The number of aldehydes is 1. The average Bonchev–Trinajstić information content (AvgIpc) is 2.37. The topological polar surface area (TPSA) is 110 Å². The quantitative estimate of drug-likeness (QED) is 0.661. The van der Waals surface area contributed by atoms with Crippen molar-refractivity contribution in [1.82, 2.24) is 0 Å². The van der Waals surface area contributed by atoms with E-state index in [2.05, 4.69) is 0 Å². The Balaban J connectivity index is 3.40. The van der Waals surface area contributed by atoms with Crippen molar-refractivity contribution >= 4 is 12.3 Å². The lowest BCUT2D eigenvalue weighted by atomic mass is 9.94. The zero-order chi connectivity index (χ0) is 14.6. The highest BCUT2D eigenvalue weighted by Gasteiger charge is 2.27. The summed E-state index contributed by atoms with van der Waals surface area (Å²) >= 11 is 0. The van der Waals surface area contributed by atoms with Gasteiger partial charge in [0, 0.05) is 17.7 Å². The maximum Gasteiger partial charge on any atom is 0.337 e. The van der Waals surface area contributed by atoms with Gasteiger partial charge >= 0.3 is 5.97 Å². The van der Waals surface area contributed by atoms with Gasteiger partial charge in [-0.2, -0.15) is 0 Å². The van der Waals surface area contributed by atoms with Crippen LogP contribution in [0.15, 0.2) is 6.07 Å². The van der Waals surface area contributed by atoms with Crippen LogP contribution >= 0.6 is 0 Å². The van der Waals surface area contributed by atoms with E-state index in [1.165, 1.54) is 6.07 Å². The molecule has 0 bridgehead atoms. The molecule has 1 aromatic carbocycles. The number of ether oxygens (including phenoxy) is 1. The molecule has 1 aromatic rings. The van der Waals surface area contributed by atoms with Gasteiger partial charge in [0.15, 0.2) is 6.10 Å². The van der Waals surface area contributed by atoms with E-state index >= 15 is 0 Å². The standard InChI is InChI=1S/C13H17NO5/c1-7-5-9(6-15)10(8(2)11(7)16)12(13(17)18)19-4-3-14/h5-6,12,16H,3-4,14H2,1-2H3,(H,17,18). The van der Waals surface area contributed by atoms with E-state index < -0.39 is 12.1 Å². The van der Waals surface area contributed by atoms with E-state index in [-0.39, 0.29) is 30.0 Å². The summed E-state index contributed by atoms with van der Waals surface area (Å²) in [5.74, 6) is -1.27.